The van der Waals surface area contributed by atoms with Gasteiger partial charge in [-0.1, -0.05) is 51.2 Å². The quantitative estimate of drug-likeness (QED) is 0.500. The Bertz CT molecular complexity index is 514. The zero-order valence-corrected chi connectivity index (χ0v) is 16.9. The lowest BCUT2D eigenvalue weighted by molar-refractivity contribution is 0.106. The van der Waals surface area contributed by atoms with E-state index in [2.05, 4.69) is 37.1 Å². The van der Waals surface area contributed by atoms with Crippen LogP contribution in [0.15, 0.2) is 29.2 Å². The first-order chi connectivity index (χ1) is 12.2. The van der Waals surface area contributed by atoms with Crippen molar-refractivity contribution in [2.24, 2.45) is 0 Å². The molecule has 1 aromatic rings. The number of hydrogen-bond acceptors (Lipinski definition) is 3. The maximum absolute atomic E-state index is 12.7. The molecule has 0 saturated heterocycles. The zero-order chi connectivity index (χ0) is 17.9. The van der Waals surface area contributed by atoms with Gasteiger partial charge >= 0.3 is 0 Å². The van der Waals surface area contributed by atoms with Crippen LogP contribution in [0.3, 0.4) is 0 Å². The van der Waals surface area contributed by atoms with Gasteiger partial charge in [-0.25, -0.2) is 0 Å². The van der Waals surface area contributed by atoms with Crippen LogP contribution < -0.4 is 0 Å². The van der Waals surface area contributed by atoms with Crippen molar-refractivity contribution in [2.45, 2.75) is 75.0 Å². The molecule has 0 aliphatic heterocycles. The highest BCUT2D eigenvalue weighted by atomic mass is 32.2. The average Bonchev–Trinajstić information content (AvgIpc) is 3.15. The maximum atomic E-state index is 12.7. The number of benzene rings is 1. The second-order valence-electron chi connectivity index (χ2n) is 7.26. The molecule has 1 aromatic carbocycles. The van der Waals surface area contributed by atoms with Crippen molar-refractivity contribution in [3.05, 3.63) is 29.8 Å². The molecule has 0 N–H and O–H groups in total. The molecule has 0 amide bonds. The molecule has 0 spiro atoms. The Morgan fingerprint density at radius 1 is 1.16 bits per heavy atom. The normalized spacial score (nSPS) is 16.6. The molecule has 1 aliphatic rings. The minimum Gasteiger partial charge on any atom is -0.380 e. The van der Waals surface area contributed by atoms with Gasteiger partial charge in [0.1, 0.15) is 0 Å². The summed E-state index contributed by atoms with van der Waals surface area (Å²) >= 11 is 0. The van der Waals surface area contributed by atoms with Gasteiger partial charge in [-0.2, -0.15) is 0 Å². The summed E-state index contributed by atoms with van der Waals surface area (Å²) in [6.07, 6.45) is 9.73. The van der Waals surface area contributed by atoms with Crippen LogP contribution in [-0.2, 0) is 22.1 Å². The molecule has 1 atom stereocenters. The molecule has 0 bridgehead atoms. The third kappa shape index (κ3) is 7.59. The number of rotatable bonds is 12. The number of hydrogen-bond donors (Lipinski definition) is 0. The fourth-order valence-corrected chi connectivity index (χ4v) is 5.03. The molecular formula is C21H35NO2S. The zero-order valence-electron chi connectivity index (χ0n) is 16.0. The largest absolute Gasteiger partial charge is 0.380 e. The number of unbranched alkanes of at least 4 members (excludes halogenated alkanes) is 3. The van der Waals surface area contributed by atoms with Crippen LogP contribution in [0.25, 0.3) is 0 Å². The Kier molecular flexibility index (Phi) is 9.74. The summed E-state index contributed by atoms with van der Waals surface area (Å²) < 4.78 is 18.4. The van der Waals surface area contributed by atoms with E-state index in [1.165, 1.54) is 44.1 Å². The van der Waals surface area contributed by atoms with Gasteiger partial charge in [0.25, 0.3) is 0 Å². The predicted octanol–water partition coefficient (Wildman–Crippen LogP) is 4.77. The summed E-state index contributed by atoms with van der Waals surface area (Å²) in [5, 5.41) is 0.370. The third-order valence-electron chi connectivity index (χ3n) is 4.95. The summed E-state index contributed by atoms with van der Waals surface area (Å²) in [6.45, 7) is 5.72. The first-order valence-corrected chi connectivity index (χ1v) is 11.2. The van der Waals surface area contributed by atoms with Crippen LogP contribution >= 0.6 is 0 Å². The SMILES string of the molecule is CCCCCCOCCN(C)Cc1cccc(S(=O)C2CCCC2)c1. The summed E-state index contributed by atoms with van der Waals surface area (Å²) in [4.78, 5) is 3.29. The van der Waals surface area contributed by atoms with Crippen molar-refractivity contribution in [2.75, 3.05) is 26.8 Å². The lowest BCUT2D eigenvalue weighted by Gasteiger charge is -2.17. The fourth-order valence-electron chi connectivity index (χ4n) is 3.41. The van der Waals surface area contributed by atoms with Crippen LogP contribution in [0.4, 0.5) is 0 Å². The molecule has 1 unspecified atom stereocenters. The van der Waals surface area contributed by atoms with E-state index in [9.17, 15) is 4.21 Å². The van der Waals surface area contributed by atoms with E-state index >= 15 is 0 Å². The van der Waals surface area contributed by atoms with Gasteiger partial charge < -0.3 is 4.74 Å². The molecule has 2 rings (SSSR count). The standard InChI is InChI=1S/C21H35NO2S/c1-3-4-5-8-15-24-16-14-22(2)18-19-10-9-13-21(17-19)25(23)20-11-6-7-12-20/h9-10,13,17,20H,3-8,11-12,14-16,18H2,1-2H3. The summed E-state index contributed by atoms with van der Waals surface area (Å²) in [7, 11) is 1.29. The van der Waals surface area contributed by atoms with Crippen molar-refractivity contribution in [1.29, 1.82) is 0 Å². The van der Waals surface area contributed by atoms with Crippen molar-refractivity contribution < 1.29 is 8.95 Å². The Labute approximate surface area is 156 Å². The van der Waals surface area contributed by atoms with Crippen molar-refractivity contribution in [3.63, 3.8) is 0 Å². The van der Waals surface area contributed by atoms with Crippen molar-refractivity contribution in [1.82, 2.24) is 4.90 Å². The molecule has 0 aromatic heterocycles. The highest BCUT2D eigenvalue weighted by Gasteiger charge is 2.22. The topological polar surface area (TPSA) is 29.5 Å². The number of ether oxygens (including phenoxy) is 1. The van der Waals surface area contributed by atoms with E-state index in [0.29, 0.717) is 5.25 Å². The Balaban J connectivity index is 1.70. The van der Waals surface area contributed by atoms with E-state index in [1.54, 1.807) is 0 Å². The Hall–Kier alpha value is -0.710. The second-order valence-corrected chi connectivity index (χ2v) is 8.99. The average molecular weight is 366 g/mol. The molecule has 3 nitrogen and oxygen atoms in total. The lowest BCUT2D eigenvalue weighted by Crippen LogP contribution is -2.23. The van der Waals surface area contributed by atoms with Crippen LogP contribution in [0.2, 0.25) is 0 Å². The van der Waals surface area contributed by atoms with Gasteiger partial charge in [-0.15, -0.1) is 0 Å². The van der Waals surface area contributed by atoms with Gasteiger partial charge in [0.15, 0.2) is 0 Å². The first-order valence-electron chi connectivity index (χ1n) is 9.96. The monoisotopic (exact) mass is 365 g/mol. The molecule has 4 heteroatoms. The van der Waals surface area contributed by atoms with E-state index in [0.717, 1.165) is 44.0 Å². The fraction of sp³-hybridized carbons (Fsp3) is 0.714. The highest BCUT2D eigenvalue weighted by molar-refractivity contribution is 7.85. The second kappa shape index (κ2) is 11.8. The molecule has 0 heterocycles. The van der Waals surface area contributed by atoms with E-state index in [4.69, 9.17) is 4.74 Å². The molecule has 0 radical (unpaired) electrons. The molecule has 1 aliphatic carbocycles. The van der Waals surface area contributed by atoms with Gasteiger partial charge in [0.2, 0.25) is 0 Å². The highest BCUT2D eigenvalue weighted by Crippen LogP contribution is 2.27. The third-order valence-corrected chi connectivity index (χ3v) is 6.74. The summed E-state index contributed by atoms with van der Waals surface area (Å²) in [5.74, 6) is 0. The minimum absolute atomic E-state index is 0.370. The van der Waals surface area contributed by atoms with Crippen LogP contribution in [0.1, 0.15) is 63.9 Å². The van der Waals surface area contributed by atoms with Crippen LogP contribution in [-0.4, -0.2) is 41.2 Å². The molecule has 142 valence electrons. The Morgan fingerprint density at radius 3 is 2.72 bits per heavy atom. The molecule has 1 fully saturated rings. The summed E-state index contributed by atoms with van der Waals surface area (Å²) in [5.41, 5.74) is 1.24. The smallest absolute Gasteiger partial charge is 0.0593 e. The number of likely N-dealkylation sites (N-methyl/N-ethyl adjacent to an activating group) is 1. The maximum Gasteiger partial charge on any atom is 0.0593 e. The van der Waals surface area contributed by atoms with Gasteiger partial charge in [-0.3, -0.25) is 9.11 Å². The number of nitrogens with zero attached hydrogens (tertiary/aromatic N) is 1. The summed E-state index contributed by atoms with van der Waals surface area (Å²) in [6, 6.07) is 8.35. The molecule has 1 saturated carbocycles. The van der Waals surface area contributed by atoms with E-state index < -0.39 is 10.8 Å². The molecule has 25 heavy (non-hydrogen) atoms. The van der Waals surface area contributed by atoms with Gasteiger partial charge in [0.05, 0.1) is 17.4 Å². The molecular weight excluding hydrogens is 330 g/mol. The van der Waals surface area contributed by atoms with Gasteiger partial charge in [-0.05, 0) is 44.0 Å². The van der Waals surface area contributed by atoms with Crippen LogP contribution in [0.5, 0.6) is 0 Å². The van der Waals surface area contributed by atoms with E-state index in [1.807, 2.05) is 6.07 Å². The van der Waals surface area contributed by atoms with Crippen molar-refractivity contribution in [3.8, 4) is 0 Å². The van der Waals surface area contributed by atoms with E-state index in [-0.39, 0.29) is 0 Å². The predicted molar refractivity (Wildman–Crippen MR) is 106 cm³/mol. The Morgan fingerprint density at radius 2 is 1.96 bits per heavy atom. The minimum atomic E-state index is -0.838. The first kappa shape index (κ1) is 20.6. The van der Waals surface area contributed by atoms with Gasteiger partial charge in [0, 0.05) is 29.8 Å². The van der Waals surface area contributed by atoms with Crippen LogP contribution in [0, 0.1) is 0 Å². The van der Waals surface area contributed by atoms with Crippen molar-refractivity contribution >= 4 is 10.8 Å². The lowest BCUT2D eigenvalue weighted by atomic mass is 10.2.